The molecular weight excluding hydrogens is 376 g/mol. The Morgan fingerprint density at radius 2 is 1.10 bits per heavy atom. The summed E-state index contributed by atoms with van der Waals surface area (Å²) in [6.45, 7) is 10.2. The Bertz CT molecular complexity index is 535. The molecule has 0 spiro atoms. The van der Waals surface area contributed by atoms with Gasteiger partial charge in [-0.15, -0.1) is 0 Å². The van der Waals surface area contributed by atoms with Crippen LogP contribution in [-0.2, 0) is 0 Å². The molecule has 2 saturated carbocycles. The molecule has 2 aliphatic carbocycles. The van der Waals surface area contributed by atoms with Crippen molar-refractivity contribution in [1.82, 2.24) is 0 Å². The van der Waals surface area contributed by atoms with Gasteiger partial charge >= 0.3 is 11.8 Å². The first-order valence-corrected chi connectivity index (χ1v) is 11.8. The molecule has 4 heteroatoms. The van der Waals surface area contributed by atoms with Gasteiger partial charge in [0.25, 0.3) is 0 Å². The minimum Gasteiger partial charge on any atom is -0.194 e. The van der Waals surface area contributed by atoms with Crippen molar-refractivity contribution in [2.24, 2.45) is 23.7 Å². The highest BCUT2D eigenvalue weighted by molar-refractivity contribution is 5.23. The fourth-order valence-corrected chi connectivity index (χ4v) is 5.51. The molecule has 0 unspecified atom stereocenters. The molecule has 0 atom stereocenters. The molecule has 29 heavy (non-hydrogen) atoms. The Kier molecular flexibility index (Phi) is 8.85. The molecule has 0 aliphatic heterocycles. The minimum absolute atomic E-state index is 0.0307. The van der Waals surface area contributed by atoms with Crippen LogP contribution in [0.2, 0.25) is 0 Å². The van der Waals surface area contributed by atoms with E-state index in [2.05, 4.69) is 20.1 Å². The molecule has 2 rings (SSSR count). The molecule has 2 fully saturated rings. The lowest BCUT2D eigenvalue weighted by atomic mass is 9.68. The summed E-state index contributed by atoms with van der Waals surface area (Å²) >= 11 is 0. The Balaban J connectivity index is 1.76. The molecule has 0 radical (unpaired) electrons. The fraction of sp³-hybridized carbons (Fsp3) is 0.840. The van der Waals surface area contributed by atoms with Crippen LogP contribution in [0.3, 0.4) is 0 Å². The van der Waals surface area contributed by atoms with E-state index in [1.165, 1.54) is 58.3 Å². The second kappa shape index (κ2) is 10.5. The van der Waals surface area contributed by atoms with E-state index in [1.54, 1.807) is 0 Å². The Labute approximate surface area is 175 Å². The van der Waals surface area contributed by atoms with E-state index in [9.17, 15) is 17.6 Å². The highest BCUT2D eigenvalue weighted by Crippen LogP contribution is 2.47. The monoisotopic (exact) mass is 416 g/mol. The average Bonchev–Trinajstić information content (AvgIpc) is 2.72. The largest absolute Gasteiger partial charge is 0.335 e. The van der Waals surface area contributed by atoms with E-state index in [0.29, 0.717) is 12.3 Å². The predicted octanol–water partition coefficient (Wildman–Crippen LogP) is 8.97. The van der Waals surface area contributed by atoms with E-state index in [0.717, 1.165) is 30.6 Å². The van der Waals surface area contributed by atoms with Crippen LogP contribution >= 0.6 is 0 Å². The van der Waals surface area contributed by atoms with E-state index in [-0.39, 0.29) is 12.8 Å². The second-order valence-electron chi connectivity index (χ2n) is 9.60. The van der Waals surface area contributed by atoms with Crippen molar-refractivity contribution >= 4 is 0 Å². The van der Waals surface area contributed by atoms with Crippen molar-refractivity contribution in [3.8, 4) is 0 Å². The average molecular weight is 417 g/mol. The summed E-state index contributed by atoms with van der Waals surface area (Å²) in [6, 6.07) is 0. The van der Waals surface area contributed by atoms with Crippen molar-refractivity contribution in [2.75, 3.05) is 0 Å². The highest BCUT2D eigenvalue weighted by atomic mass is 19.3. The van der Waals surface area contributed by atoms with Gasteiger partial charge in [0, 0.05) is 0 Å². The molecular formula is C25H40F4. The van der Waals surface area contributed by atoms with Gasteiger partial charge in [0.05, 0.1) is 0 Å². The molecule has 0 aromatic heterocycles. The number of hydrogen-bond acceptors (Lipinski definition) is 0. The SMILES string of the molecule is C=C(CC)C(F)(F)C(F)(F)C(=C)CCC1CCC(C2CCC(CCC)CC2)CC1. The number of allylic oxidation sites excluding steroid dienone is 2. The first-order chi connectivity index (χ1) is 13.6. The van der Waals surface area contributed by atoms with Crippen LogP contribution in [0, 0.1) is 23.7 Å². The van der Waals surface area contributed by atoms with Gasteiger partial charge in [-0.25, -0.2) is 0 Å². The van der Waals surface area contributed by atoms with Crippen molar-refractivity contribution in [1.29, 1.82) is 0 Å². The molecule has 2 aliphatic rings. The van der Waals surface area contributed by atoms with E-state index >= 15 is 0 Å². The van der Waals surface area contributed by atoms with Crippen LogP contribution in [0.25, 0.3) is 0 Å². The zero-order valence-corrected chi connectivity index (χ0v) is 18.4. The smallest absolute Gasteiger partial charge is 0.194 e. The number of alkyl halides is 4. The van der Waals surface area contributed by atoms with E-state index < -0.39 is 23.0 Å². The van der Waals surface area contributed by atoms with Gasteiger partial charge in [-0.1, -0.05) is 65.5 Å². The van der Waals surface area contributed by atoms with Crippen molar-refractivity contribution in [2.45, 2.75) is 109 Å². The van der Waals surface area contributed by atoms with Crippen LogP contribution in [0.4, 0.5) is 17.6 Å². The van der Waals surface area contributed by atoms with E-state index in [4.69, 9.17) is 0 Å². The third kappa shape index (κ3) is 5.88. The van der Waals surface area contributed by atoms with Gasteiger partial charge in [-0.2, -0.15) is 17.6 Å². The third-order valence-electron chi connectivity index (χ3n) is 7.71. The van der Waals surface area contributed by atoms with Crippen LogP contribution < -0.4 is 0 Å². The van der Waals surface area contributed by atoms with Gasteiger partial charge in [0.2, 0.25) is 0 Å². The van der Waals surface area contributed by atoms with Crippen LogP contribution in [0.1, 0.15) is 97.3 Å². The number of hydrogen-bond donors (Lipinski definition) is 0. The Morgan fingerprint density at radius 3 is 1.52 bits per heavy atom. The normalized spacial score (nSPS) is 28.9. The van der Waals surface area contributed by atoms with Crippen molar-refractivity contribution in [3.63, 3.8) is 0 Å². The maximum Gasteiger partial charge on any atom is 0.335 e. The maximum absolute atomic E-state index is 14.3. The van der Waals surface area contributed by atoms with Crippen LogP contribution in [-0.4, -0.2) is 11.8 Å². The summed E-state index contributed by atoms with van der Waals surface area (Å²) in [5.74, 6) is -5.54. The molecule has 0 saturated heterocycles. The molecule has 0 amide bonds. The van der Waals surface area contributed by atoms with Gasteiger partial charge < -0.3 is 0 Å². The maximum atomic E-state index is 14.3. The molecule has 0 N–H and O–H groups in total. The lowest BCUT2D eigenvalue weighted by Gasteiger charge is -2.38. The lowest BCUT2D eigenvalue weighted by Crippen LogP contribution is -2.43. The lowest BCUT2D eigenvalue weighted by molar-refractivity contribution is -0.163. The zero-order valence-electron chi connectivity index (χ0n) is 18.4. The van der Waals surface area contributed by atoms with Gasteiger partial charge in [0.1, 0.15) is 0 Å². The molecule has 0 nitrogen and oxygen atoms in total. The summed E-state index contributed by atoms with van der Waals surface area (Å²) in [5, 5.41) is 0. The number of rotatable bonds is 10. The first-order valence-electron chi connectivity index (χ1n) is 11.8. The zero-order chi connectivity index (χ0) is 21.7. The highest BCUT2D eigenvalue weighted by Gasteiger charge is 2.58. The van der Waals surface area contributed by atoms with E-state index in [1.807, 2.05) is 0 Å². The quantitative estimate of drug-likeness (QED) is 0.246. The van der Waals surface area contributed by atoms with Crippen molar-refractivity contribution < 1.29 is 17.6 Å². The van der Waals surface area contributed by atoms with Crippen LogP contribution in [0.15, 0.2) is 24.3 Å². The number of halogens is 4. The third-order valence-corrected chi connectivity index (χ3v) is 7.71. The Morgan fingerprint density at radius 1 is 0.690 bits per heavy atom. The fourth-order valence-electron chi connectivity index (χ4n) is 5.51. The minimum atomic E-state index is -4.22. The molecule has 0 bridgehead atoms. The van der Waals surface area contributed by atoms with Crippen LogP contribution in [0.5, 0.6) is 0 Å². The summed E-state index contributed by atoms with van der Waals surface area (Å²) < 4.78 is 56.6. The Hall–Kier alpha value is -0.800. The summed E-state index contributed by atoms with van der Waals surface area (Å²) in [4.78, 5) is 0. The summed E-state index contributed by atoms with van der Waals surface area (Å²) in [7, 11) is 0. The van der Waals surface area contributed by atoms with Crippen molar-refractivity contribution in [3.05, 3.63) is 24.3 Å². The molecule has 168 valence electrons. The molecule has 0 heterocycles. The van der Waals surface area contributed by atoms with Gasteiger partial charge in [-0.3, -0.25) is 0 Å². The first kappa shape index (κ1) is 24.5. The predicted molar refractivity (Wildman–Crippen MR) is 114 cm³/mol. The van der Waals surface area contributed by atoms with Gasteiger partial charge in [0.15, 0.2) is 0 Å². The molecule has 0 aromatic rings. The van der Waals surface area contributed by atoms with Gasteiger partial charge in [-0.05, 0) is 79.8 Å². The summed E-state index contributed by atoms with van der Waals surface area (Å²) in [5.41, 5.74) is -1.37. The summed E-state index contributed by atoms with van der Waals surface area (Å²) in [6.07, 6.45) is 12.8. The second-order valence-corrected chi connectivity index (χ2v) is 9.60. The standard InChI is InChI=1S/C25H40F4/c1-5-7-20-10-14-22(15-11-20)23-16-12-21(13-17-23)9-8-19(4)25(28,29)24(26,27)18(3)6-2/h20-23H,3-17H2,1-2H3. The molecule has 0 aromatic carbocycles. The topological polar surface area (TPSA) is 0 Å².